The minimum atomic E-state index is -0.310. The maximum atomic E-state index is 11.2. The third kappa shape index (κ3) is 2.30. The minimum Gasteiger partial charge on any atom is -0.465 e. The highest BCUT2D eigenvalue weighted by Crippen LogP contribution is 2.18. The zero-order chi connectivity index (χ0) is 9.68. The molecule has 0 N–H and O–H groups in total. The van der Waals surface area contributed by atoms with Crippen molar-refractivity contribution in [1.29, 1.82) is 0 Å². The van der Waals surface area contributed by atoms with Gasteiger partial charge in [0.05, 0.1) is 7.11 Å². The maximum absolute atomic E-state index is 11.2. The summed E-state index contributed by atoms with van der Waals surface area (Å²) >= 11 is 1.36. The average Bonchev–Trinajstić information content (AvgIpc) is 2.61. The van der Waals surface area contributed by atoms with E-state index in [1.54, 1.807) is 0 Å². The number of thiophene rings is 1. The molecule has 1 rings (SSSR count). The zero-order valence-corrected chi connectivity index (χ0v) is 8.06. The number of hydrogen-bond acceptors (Lipinski definition) is 3. The van der Waals surface area contributed by atoms with E-state index in [-0.39, 0.29) is 5.97 Å². The first kappa shape index (κ1) is 9.75. The van der Waals surface area contributed by atoms with Gasteiger partial charge in [0.2, 0.25) is 6.54 Å². The number of hydrogen-bond donors (Lipinski definition) is 0. The second kappa shape index (κ2) is 4.63. The number of ether oxygens (including phenoxy) is 1. The smallest absolute Gasteiger partial charge is 0.348 e. The van der Waals surface area contributed by atoms with E-state index in [1.165, 1.54) is 18.4 Å². The lowest BCUT2D eigenvalue weighted by Crippen LogP contribution is -2.02. The number of carbonyl (C=O) groups is 1. The Morgan fingerprint density at radius 2 is 2.54 bits per heavy atom. The second-order valence-corrected chi connectivity index (χ2v) is 3.31. The van der Waals surface area contributed by atoms with Crippen molar-refractivity contribution >= 4 is 17.3 Å². The molecule has 0 aromatic carbocycles. The van der Waals surface area contributed by atoms with Gasteiger partial charge in [0.15, 0.2) is 0 Å². The lowest BCUT2D eigenvalue weighted by Gasteiger charge is -1.97. The van der Waals surface area contributed by atoms with Crippen LogP contribution >= 0.6 is 11.3 Å². The molecule has 0 radical (unpaired) electrons. The number of nitrogens with zero attached hydrogens (tertiary/aromatic N) is 1. The van der Waals surface area contributed by atoms with Crippen LogP contribution in [0.5, 0.6) is 0 Å². The van der Waals surface area contributed by atoms with Crippen LogP contribution in [0.1, 0.15) is 15.2 Å². The molecular weight excluding hydrogens is 186 g/mol. The molecule has 68 valence electrons. The van der Waals surface area contributed by atoms with E-state index in [1.807, 2.05) is 11.4 Å². The third-order valence-electron chi connectivity index (χ3n) is 1.61. The number of methoxy groups -OCH3 is 1. The van der Waals surface area contributed by atoms with E-state index in [2.05, 4.69) is 9.58 Å². The first-order valence-electron chi connectivity index (χ1n) is 3.77. The molecule has 0 saturated heterocycles. The molecule has 1 aromatic rings. The van der Waals surface area contributed by atoms with E-state index in [0.29, 0.717) is 17.8 Å². The summed E-state index contributed by atoms with van der Waals surface area (Å²) in [7, 11) is 1.36. The Kier molecular flexibility index (Phi) is 3.47. The monoisotopic (exact) mass is 195 g/mol. The van der Waals surface area contributed by atoms with Crippen molar-refractivity contribution in [2.24, 2.45) is 0 Å². The topological polar surface area (TPSA) is 30.7 Å². The fraction of sp³-hybridized carbons (Fsp3) is 0.333. The van der Waals surface area contributed by atoms with Gasteiger partial charge in [-0.15, -0.1) is 11.3 Å². The number of esters is 1. The van der Waals surface area contributed by atoms with Gasteiger partial charge in [-0.1, -0.05) is 0 Å². The van der Waals surface area contributed by atoms with Crippen LogP contribution < -0.4 is 0 Å². The molecule has 0 fully saturated rings. The molecule has 0 spiro atoms. The molecule has 0 aliphatic carbocycles. The standard InChI is InChI=1S/C9H9NO2S/c1-10-5-3-7-4-6-13-8(7)9(11)12-2/h4,6H,3,5H2,2H3. The van der Waals surface area contributed by atoms with Crippen LogP contribution in [-0.2, 0) is 11.2 Å². The first-order valence-corrected chi connectivity index (χ1v) is 4.65. The normalized spacial score (nSPS) is 9.23. The molecule has 0 aliphatic heterocycles. The molecule has 0 atom stereocenters. The molecule has 0 aliphatic rings. The van der Waals surface area contributed by atoms with Gasteiger partial charge >= 0.3 is 5.97 Å². The molecule has 1 heterocycles. The van der Waals surface area contributed by atoms with Crippen LogP contribution in [0.4, 0.5) is 0 Å². The van der Waals surface area contributed by atoms with Crippen molar-refractivity contribution in [3.63, 3.8) is 0 Å². The highest BCUT2D eigenvalue weighted by atomic mass is 32.1. The summed E-state index contributed by atoms with van der Waals surface area (Å²) in [6, 6.07) is 1.86. The predicted molar refractivity (Wildman–Crippen MR) is 50.8 cm³/mol. The van der Waals surface area contributed by atoms with Gasteiger partial charge < -0.3 is 9.58 Å². The molecule has 0 unspecified atom stereocenters. The van der Waals surface area contributed by atoms with Crippen LogP contribution in [0.25, 0.3) is 4.85 Å². The molecule has 0 saturated carbocycles. The maximum Gasteiger partial charge on any atom is 0.348 e. The Morgan fingerprint density at radius 1 is 1.77 bits per heavy atom. The fourth-order valence-corrected chi connectivity index (χ4v) is 1.85. The Morgan fingerprint density at radius 3 is 3.15 bits per heavy atom. The molecule has 1 aromatic heterocycles. The number of rotatable bonds is 3. The van der Waals surface area contributed by atoms with Gasteiger partial charge in [-0.25, -0.2) is 11.4 Å². The summed E-state index contributed by atoms with van der Waals surface area (Å²) in [4.78, 5) is 15.0. The van der Waals surface area contributed by atoms with Gasteiger partial charge in [-0.2, -0.15) is 0 Å². The number of carbonyl (C=O) groups excluding carboxylic acids is 1. The van der Waals surface area contributed by atoms with Crippen LogP contribution in [0.2, 0.25) is 0 Å². The van der Waals surface area contributed by atoms with Gasteiger partial charge in [-0.3, -0.25) is 0 Å². The molecule has 0 amide bonds. The Hall–Kier alpha value is -1.34. The van der Waals surface area contributed by atoms with Crippen molar-refractivity contribution in [2.75, 3.05) is 13.7 Å². The summed E-state index contributed by atoms with van der Waals surface area (Å²) in [6.07, 6.45) is 0.622. The Labute approximate surface area is 80.8 Å². The highest BCUT2D eigenvalue weighted by Gasteiger charge is 2.13. The van der Waals surface area contributed by atoms with E-state index >= 15 is 0 Å². The first-order chi connectivity index (χ1) is 6.29. The third-order valence-corrected chi connectivity index (χ3v) is 2.55. The van der Waals surface area contributed by atoms with Gasteiger partial charge in [-0.05, 0) is 17.0 Å². The Bertz CT molecular complexity index is 338. The fourth-order valence-electron chi connectivity index (χ4n) is 0.981. The second-order valence-electron chi connectivity index (χ2n) is 2.40. The molecule has 4 heteroatoms. The average molecular weight is 195 g/mol. The van der Waals surface area contributed by atoms with Gasteiger partial charge in [0, 0.05) is 6.42 Å². The molecule has 13 heavy (non-hydrogen) atoms. The summed E-state index contributed by atoms with van der Waals surface area (Å²) in [5.74, 6) is -0.310. The predicted octanol–water partition coefficient (Wildman–Crippen LogP) is 2.00. The minimum absolute atomic E-state index is 0.310. The summed E-state index contributed by atoms with van der Waals surface area (Å²) in [5.41, 5.74) is 0.910. The lowest BCUT2D eigenvalue weighted by molar-refractivity contribution is 0.0605. The van der Waals surface area contributed by atoms with Crippen LogP contribution in [0.3, 0.4) is 0 Å². The highest BCUT2D eigenvalue weighted by molar-refractivity contribution is 7.12. The SMILES string of the molecule is [C-]#[N+]CCc1ccsc1C(=O)OC. The zero-order valence-electron chi connectivity index (χ0n) is 7.24. The van der Waals surface area contributed by atoms with Gasteiger partial charge in [0.25, 0.3) is 0 Å². The molecular formula is C9H9NO2S. The summed E-state index contributed by atoms with van der Waals surface area (Å²) in [6.45, 7) is 7.06. The van der Waals surface area contributed by atoms with Crippen molar-refractivity contribution < 1.29 is 9.53 Å². The Balaban J connectivity index is 2.78. The van der Waals surface area contributed by atoms with E-state index < -0.39 is 0 Å². The molecule has 3 nitrogen and oxygen atoms in total. The van der Waals surface area contributed by atoms with E-state index in [9.17, 15) is 4.79 Å². The quantitative estimate of drug-likeness (QED) is 0.545. The van der Waals surface area contributed by atoms with Crippen LogP contribution in [0, 0.1) is 6.57 Å². The van der Waals surface area contributed by atoms with Crippen LogP contribution in [0.15, 0.2) is 11.4 Å². The van der Waals surface area contributed by atoms with Crippen molar-refractivity contribution in [3.05, 3.63) is 33.3 Å². The van der Waals surface area contributed by atoms with E-state index in [4.69, 9.17) is 6.57 Å². The van der Waals surface area contributed by atoms with Crippen LogP contribution in [-0.4, -0.2) is 19.6 Å². The summed E-state index contributed by atoms with van der Waals surface area (Å²) < 4.78 is 4.61. The van der Waals surface area contributed by atoms with E-state index in [0.717, 1.165) is 5.56 Å². The van der Waals surface area contributed by atoms with Gasteiger partial charge in [0.1, 0.15) is 4.88 Å². The van der Waals surface area contributed by atoms with Crippen molar-refractivity contribution in [3.8, 4) is 0 Å². The van der Waals surface area contributed by atoms with Crippen molar-refractivity contribution in [2.45, 2.75) is 6.42 Å². The summed E-state index contributed by atoms with van der Waals surface area (Å²) in [5, 5.41) is 1.84. The lowest BCUT2D eigenvalue weighted by atomic mass is 10.2. The largest absolute Gasteiger partial charge is 0.465 e. The molecule has 0 bridgehead atoms. The van der Waals surface area contributed by atoms with Crippen molar-refractivity contribution in [1.82, 2.24) is 0 Å².